The van der Waals surface area contributed by atoms with Gasteiger partial charge in [-0.25, -0.2) is 10.1 Å². The molecule has 1 aliphatic rings. The maximum absolute atomic E-state index is 10.9. The van der Waals surface area contributed by atoms with Crippen LogP contribution in [0.15, 0.2) is 0 Å². The summed E-state index contributed by atoms with van der Waals surface area (Å²) in [7, 11) is 0. The number of aliphatic hydroxyl groups is 2. The molecule has 0 aromatic carbocycles. The lowest BCUT2D eigenvalue weighted by atomic mass is 9.81. The Hall–Kier alpha value is -1.22. The van der Waals surface area contributed by atoms with Gasteiger partial charge in [-0.1, -0.05) is 6.42 Å². The van der Waals surface area contributed by atoms with Gasteiger partial charge in [0.25, 0.3) is 0 Å². The Bertz CT molecular complexity index is 290. The lowest BCUT2D eigenvalue weighted by Crippen LogP contribution is -2.36. The second kappa shape index (κ2) is 11.4. The van der Waals surface area contributed by atoms with Crippen LogP contribution < -0.4 is 0 Å². The number of aliphatic hydroxyl groups excluding tert-OH is 2. The molecule has 2 atom stereocenters. The maximum Gasteiger partial charge on any atom is 0.233 e. The van der Waals surface area contributed by atoms with Crippen LogP contribution in [0.5, 0.6) is 0 Å². The number of nitrogens with zero attached hydrogens (tertiary/aromatic N) is 2. The first kappa shape index (κ1) is 18.8. The van der Waals surface area contributed by atoms with Crippen molar-refractivity contribution in [2.45, 2.75) is 25.7 Å². The molecule has 0 heterocycles. The van der Waals surface area contributed by atoms with E-state index in [1.807, 2.05) is 0 Å². The van der Waals surface area contributed by atoms with Gasteiger partial charge in [-0.15, -0.1) is 0 Å². The van der Waals surface area contributed by atoms with Crippen LogP contribution >= 0.6 is 0 Å². The molecule has 128 valence electrons. The number of carbonyl (C=O) groups is 2. The largest absolute Gasteiger partial charge is 0.394 e. The second-order valence-corrected chi connectivity index (χ2v) is 5.42. The van der Waals surface area contributed by atoms with E-state index in [1.54, 1.807) is 0 Å². The van der Waals surface area contributed by atoms with Gasteiger partial charge in [-0.05, 0) is 31.1 Å². The minimum atomic E-state index is -0.131. The van der Waals surface area contributed by atoms with E-state index in [2.05, 4.69) is 0 Å². The molecule has 22 heavy (non-hydrogen) atoms. The molecule has 1 aliphatic carbocycles. The molecule has 1 saturated carbocycles. The Kier molecular flexibility index (Phi) is 9.72. The van der Waals surface area contributed by atoms with Crippen LogP contribution in [0.25, 0.3) is 0 Å². The summed E-state index contributed by atoms with van der Waals surface area (Å²) in [5.41, 5.74) is 0. The highest BCUT2D eigenvalue weighted by atomic mass is 16.7. The van der Waals surface area contributed by atoms with Gasteiger partial charge in [0.2, 0.25) is 12.8 Å². The Morgan fingerprint density at radius 2 is 1.36 bits per heavy atom. The standard InChI is InChI=1S/C14H26N2O6/c17-4-6-21-15(11-19)9-13-2-1-3-14(8-13)10-16(12-20)22-7-5-18/h11-14,17-18H,1-10H2. The molecule has 0 aromatic rings. The quantitative estimate of drug-likeness (QED) is 0.374. The molecule has 2 amide bonds. The first-order chi connectivity index (χ1) is 10.7. The van der Waals surface area contributed by atoms with Crippen molar-refractivity contribution in [3.63, 3.8) is 0 Å². The topological polar surface area (TPSA) is 99.5 Å². The molecule has 0 bridgehead atoms. The highest BCUT2D eigenvalue weighted by Gasteiger charge is 2.25. The average molecular weight is 318 g/mol. The highest BCUT2D eigenvalue weighted by molar-refractivity contribution is 5.45. The minimum absolute atomic E-state index is 0.100. The smallest absolute Gasteiger partial charge is 0.233 e. The summed E-state index contributed by atoms with van der Waals surface area (Å²) in [5.74, 6) is 0.600. The van der Waals surface area contributed by atoms with Crippen LogP contribution in [0.4, 0.5) is 0 Å². The second-order valence-electron chi connectivity index (χ2n) is 5.42. The summed E-state index contributed by atoms with van der Waals surface area (Å²) in [6, 6.07) is 0. The third-order valence-corrected chi connectivity index (χ3v) is 3.70. The predicted octanol–water partition coefficient (Wildman–Crippen LogP) is -0.443. The fraction of sp³-hybridized carbons (Fsp3) is 0.857. The van der Waals surface area contributed by atoms with E-state index in [4.69, 9.17) is 19.9 Å². The summed E-state index contributed by atoms with van der Waals surface area (Å²) >= 11 is 0. The highest BCUT2D eigenvalue weighted by Crippen LogP contribution is 2.30. The Balaban J connectivity index is 2.39. The van der Waals surface area contributed by atoms with Crippen molar-refractivity contribution in [1.82, 2.24) is 10.1 Å². The van der Waals surface area contributed by atoms with Gasteiger partial charge in [0.1, 0.15) is 0 Å². The summed E-state index contributed by atoms with van der Waals surface area (Å²) in [4.78, 5) is 32.1. The number of amides is 2. The van der Waals surface area contributed by atoms with E-state index < -0.39 is 0 Å². The Morgan fingerprint density at radius 3 is 1.73 bits per heavy atom. The van der Waals surface area contributed by atoms with Gasteiger partial charge in [-0.2, -0.15) is 0 Å². The number of rotatable bonds is 12. The Morgan fingerprint density at radius 1 is 0.909 bits per heavy atom. The van der Waals surface area contributed by atoms with Crippen molar-refractivity contribution < 1.29 is 29.5 Å². The molecule has 2 unspecified atom stereocenters. The molecule has 0 saturated heterocycles. The van der Waals surface area contributed by atoms with Crippen LogP contribution in [-0.2, 0) is 19.3 Å². The number of carbonyl (C=O) groups excluding carboxylic acids is 2. The lowest BCUT2D eigenvalue weighted by molar-refractivity contribution is -0.184. The molecule has 0 aromatic heterocycles. The van der Waals surface area contributed by atoms with E-state index in [1.165, 1.54) is 10.1 Å². The predicted molar refractivity (Wildman–Crippen MR) is 77.1 cm³/mol. The fourth-order valence-corrected chi connectivity index (χ4v) is 2.81. The fourth-order valence-electron chi connectivity index (χ4n) is 2.81. The first-order valence-corrected chi connectivity index (χ1v) is 7.64. The SMILES string of the molecule is O=CN(CC1CCCC(CN(C=O)OCCO)C1)OCCO. The van der Waals surface area contributed by atoms with E-state index in [9.17, 15) is 9.59 Å². The zero-order chi connectivity index (χ0) is 16.2. The summed E-state index contributed by atoms with van der Waals surface area (Å²) < 4.78 is 0. The molecule has 0 aliphatic heterocycles. The normalized spacial score (nSPS) is 21.4. The van der Waals surface area contributed by atoms with Gasteiger partial charge in [0.05, 0.1) is 39.5 Å². The zero-order valence-corrected chi connectivity index (χ0v) is 12.8. The molecule has 1 fully saturated rings. The van der Waals surface area contributed by atoms with Crippen molar-refractivity contribution in [2.24, 2.45) is 11.8 Å². The van der Waals surface area contributed by atoms with E-state index >= 15 is 0 Å². The molecule has 8 heteroatoms. The minimum Gasteiger partial charge on any atom is -0.394 e. The third-order valence-electron chi connectivity index (χ3n) is 3.70. The monoisotopic (exact) mass is 318 g/mol. The zero-order valence-electron chi connectivity index (χ0n) is 12.8. The van der Waals surface area contributed by atoms with Crippen LogP contribution in [-0.4, -0.2) is 72.7 Å². The number of hydroxylamine groups is 4. The van der Waals surface area contributed by atoms with Gasteiger partial charge in [-0.3, -0.25) is 19.3 Å². The van der Waals surface area contributed by atoms with Gasteiger partial charge >= 0.3 is 0 Å². The molecule has 0 radical (unpaired) electrons. The van der Waals surface area contributed by atoms with Gasteiger partial charge < -0.3 is 10.2 Å². The summed E-state index contributed by atoms with van der Waals surface area (Å²) in [6.07, 6.45) is 5.15. The molecule has 8 nitrogen and oxygen atoms in total. The Labute approximate surface area is 130 Å². The number of hydrogen-bond donors (Lipinski definition) is 2. The maximum atomic E-state index is 10.9. The average Bonchev–Trinajstić information content (AvgIpc) is 2.55. The summed E-state index contributed by atoms with van der Waals surface area (Å²) in [5, 5.41) is 19.9. The van der Waals surface area contributed by atoms with Crippen molar-refractivity contribution in [2.75, 3.05) is 39.5 Å². The molecule has 0 spiro atoms. The third kappa shape index (κ3) is 7.17. The summed E-state index contributed by atoms with van der Waals surface area (Å²) in [6.45, 7) is 0.908. The van der Waals surface area contributed by atoms with E-state index in [0.29, 0.717) is 37.7 Å². The van der Waals surface area contributed by atoms with Crippen molar-refractivity contribution in [3.05, 3.63) is 0 Å². The lowest BCUT2D eigenvalue weighted by Gasteiger charge is -2.33. The van der Waals surface area contributed by atoms with Crippen molar-refractivity contribution in [3.8, 4) is 0 Å². The van der Waals surface area contributed by atoms with Crippen LogP contribution in [0, 0.1) is 11.8 Å². The van der Waals surface area contributed by atoms with E-state index in [-0.39, 0.29) is 26.4 Å². The van der Waals surface area contributed by atoms with Crippen molar-refractivity contribution >= 4 is 12.8 Å². The molecular weight excluding hydrogens is 292 g/mol. The van der Waals surface area contributed by atoms with Gasteiger partial charge in [0.15, 0.2) is 0 Å². The molecule has 2 N–H and O–H groups in total. The van der Waals surface area contributed by atoms with Crippen molar-refractivity contribution in [1.29, 1.82) is 0 Å². The van der Waals surface area contributed by atoms with E-state index in [0.717, 1.165) is 25.7 Å². The van der Waals surface area contributed by atoms with Crippen LogP contribution in [0.2, 0.25) is 0 Å². The molecule has 1 rings (SSSR count). The van der Waals surface area contributed by atoms with Crippen LogP contribution in [0.1, 0.15) is 25.7 Å². The van der Waals surface area contributed by atoms with Crippen LogP contribution in [0.3, 0.4) is 0 Å². The molecular formula is C14H26N2O6. The number of hydrogen-bond acceptors (Lipinski definition) is 6. The van der Waals surface area contributed by atoms with Gasteiger partial charge in [0, 0.05) is 0 Å². The first-order valence-electron chi connectivity index (χ1n) is 7.64.